The van der Waals surface area contributed by atoms with Crippen molar-refractivity contribution in [3.63, 3.8) is 0 Å². The zero-order chi connectivity index (χ0) is 13.8. The third kappa shape index (κ3) is 10.1. The molecule has 0 spiro atoms. The van der Waals surface area contributed by atoms with E-state index in [0.29, 0.717) is 0 Å². The summed E-state index contributed by atoms with van der Waals surface area (Å²) in [5, 5.41) is 8.91. The van der Waals surface area contributed by atoms with E-state index in [0.717, 1.165) is 32.1 Å². The fourth-order valence-electron chi connectivity index (χ4n) is 1.80. The summed E-state index contributed by atoms with van der Waals surface area (Å²) < 4.78 is 0. The molecule has 0 aliphatic rings. The molecule has 0 unspecified atom stereocenters. The van der Waals surface area contributed by atoms with Crippen molar-refractivity contribution in [1.82, 2.24) is 0 Å². The van der Waals surface area contributed by atoms with Gasteiger partial charge in [-0.25, -0.2) is 0 Å². The van der Waals surface area contributed by atoms with Crippen LogP contribution in [0.5, 0.6) is 0 Å². The molecule has 0 heterocycles. The highest BCUT2D eigenvalue weighted by Gasteiger charge is 1.94. The summed E-state index contributed by atoms with van der Waals surface area (Å²) >= 11 is 0. The molecule has 1 nitrogen and oxygen atoms in total. The summed E-state index contributed by atoms with van der Waals surface area (Å²) in [6.45, 7) is 10.3. The molecular formula is C17H28O. The van der Waals surface area contributed by atoms with Gasteiger partial charge in [0.05, 0.1) is 6.61 Å². The van der Waals surface area contributed by atoms with Gasteiger partial charge in [-0.15, -0.1) is 6.58 Å². The highest BCUT2D eigenvalue weighted by molar-refractivity contribution is 5.09. The van der Waals surface area contributed by atoms with Crippen LogP contribution in [0.15, 0.2) is 47.6 Å². The Morgan fingerprint density at radius 3 is 2.22 bits per heavy atom. The van der Waals surface area contributed by atoms with E-state index in [-0.39, 0.29) is 6.61 Å². The van der Waals surface area contributed by atoms with Gasteiger partial charge in [0.15, 0.2) is 0 Å². The van der Waals surface area contributed by atoms with E-state index >= 15 is 0 Å². The van der Waals surface area contributed by atoms with Crippen LogP contribution in [0.4, 0.5) is 0 Å². The van der Waals surface area contributed by atoms with Gasteiger partial charge in [0.25, 0.3) is 0 Å². The van der Waals surface area contributed by atoms with Crippen molar-refractivity contribution >= 4 is 0 Å². The summed E-state index contributed by atoms with van der Waals surface area (Å²) in [4.78, 5) is 0. The Hall–Kier alpha value is -1.08. The lowest BCUT2D eigenvalue weighted by molar-refractivity contribution is 0.341. The molecular weight excluding hydrogens is 220 g/mol. The topological polar surface area (TPSA) is 20.2 Å². The molecule has 0 rings (SSSR count). The lowest BCUT2D eigenvalue weighted by Crippen LogP contribution is -1.86. The van der Waals surface area contributed by atoms with Crippen LogP contribution in [0.2, 0.25) is 0 Å². The third-order valence-electron chi connectivity index (χ3n) is 2.84. The normalized spacial score (nSPS) is 12.4. The SMILES string of the molecule is C=CC/C(=C\CO)CC/C=C(\C)CCC=C(C)C. The van der Waals surface area contributed by atoms with Gasteiger partial charge in [-0.1, -0.05) is 41.0 Å². The fraction of sp³-hybridized carbons (Fsp3) is 0.529. The summed E-state index contributed by atoms with van der Waals surface area (Å²) in [5.41, 5.74) is 4.12. The van der Waals surface area contributed by atoms with Gasteiger partial charge >= 0.3 is 0 Å². The molecule has 0 aliphatic carbocycles. The summed E-state index contributed by atoms with van der Waals surface area (Å²) in [6.07, 6.45) is 13.6. The first-order valence-electron chi connectivity index (χ1n) is 6.78. The maximum Gasteiger partial charge on any atom is 0.0615 e. The second-order valence-corrected chi connectivity index (χ2v) is 4.95. The first-order chi connectivity index (χ1) is 8.60. The predicted molar refractivity (Wildman–Crippen MR) is 81.6 cm³/mol. The zero-order valence-corrected chi connectivity index (χ0v) is 12.2. The minimum absolute atomic E-state index is 0.131. The summed E-state index contributed by atoms with van der Waals surface area (Å²) in [5.74, 6) is 0. The third-order valence-corrected chi connectivity index (χ3v) is 2.84. The molecule has 0 saturated carbocycles. The maximum absolute atomic E-state index is 8.91. The van der Waals surface area contributed by atoms with Gasteiger partial charge < -0.3 is 5.11 Å². The first-order valence-corrected chi connectivity index (χ1v) is 6.78. The number of aliphatic hydroxyl groups excluding tert-OH is 1. The quantitative estimate of drug-likeness (QED) is 0.572. The molecule has 102 valence electrons. The Kier molecular flexibility index (Phi) is 10.4. The van der Waals surface area contributed by atoms with Crippen LogP contribution in [-0.4, -0.2) is 11.7 Å². The van der Waals surface area contributed by atoms with Gasteiger partial charge in [0.2, 0.25) is 0 Å². The second kappa shape index (κ2) is 11.0. The molecule has 0 aromatic rings. The molecule has 0 aromatic heterocycles. The van der Waals surface area contributed by atoms with Crippen LogP contribution in [0, 0.1) is 0 Å². The molecule has 18 heavy (non-hydrogen) atoms. The van der Waals surface area contributed by atoms with Crippen LogP contribution in [0.1, 0.15) is 52.9 Å². The first kappa shape index (κ1) is 16.9. The number of aliphatic hydroxyl groups is 1. The smallest absolute Gasteiger partial charge is 0.0615 e. The van der Waals surface area contributed by atoms with Crippen LogP contribution in [0.25, 0.3) is 0 Å². The van der Waals surface area contributed by atoms with Crippen molar-refractivity contribution in [2.24, 2.45) is 0 Å². The van der Waals surface area contributed by atoms with E-state index in [1.54, 1.807) is 0 Å². The summed E-state index contributed by atoms with van der Waals surface area (Å²) in [7, 11) is 0. The van der Waals surface area contributed by atoms with Gasteiger partial charge in [0.1, 0.15) is 0 Å². The van der Waals surface area contributed by atoms with Crippen molar-refractivity contribution in [2.75, 3.05) is 6.61 Å². The molecule has 0 atom stereocenters. The summed E-state index contributed by atoms with van der Waals surface area (Å²) in [6, 6.07) is 0. The molecule has 0 bridgehead atoms. The van der Waals surface area contributed by atoms with E-state index in [1.807, 2.05) is 12.2 Å². The molecule has 1 heteroatoms. The van der Waals surface area contributed by atoms with E-state index < -0.39 is 0 Å². The largest absolute Gasteiger partial charge is 0.392 e. The van der Waals surface area contributed by atoms with Crippen molar-refractivity contribution < 1.29 is 5.11 Å². The molecule has 0 fully saturated rings. The van der Waals surface area contributed by atoms with Gasteiger partial charge in [-0.3, -0.25) is 0 Å². The number of hydrogen-bond acceptors (Lipinski definition) is 1. The highest BCUT2D eigenvalue weighted by atomic mass is 16.2. The van der Waals surface area contributed by atoms with E-state index in [4.69, 9.17) is 5.11 Å². The Bertz CT molecular complexity index is 315. The molecule has 0 aromatic carbocycles. The number of allylic oxidation sites excluding steroid dienone is 6. The zero-order valence-electron chi connectivity index (χ0n) is 12.2. The van der Waals surface area contributed by atoms with E-state index in [9.17, 15) is 0 Å². The Balaban J connectivity index is 4.01. The lowest BCUT2D eigenvalue weighted by atomic mass is 10.0. The molecule has 0 saturated heterocycles. The second-order valence-electron chi connectivity index (χ2n) is 4.95. The molecule has 0 aliphatic heterocycles. The fourth-order valence-corrected chi connectivity index (χ4v) is 1.80. The average molecular weight is 248 g/mol. The molecule has 0 amide bonds. The van der Waals surface area contributed by atoms with E-state index in [2.05, 4.69) is 39.5 Å². The van der Waals surface area contributed by atoms with Crippen LogP contribution in [0.3, 0.4) is 0 Å². The van der Waals surface area contributed by atoms with Gasteiger partial charge in [0, 0.05) is 0 Å². The average Bonchev–Trinajstić information content (AvgIpc) is 2.29. The van der Waals surface area contributed by atoms with Crippen LogP contribution >= 0.6 is 0 Å². The minimum Gasteiger partial charge on any atom is -0.392 e. The van der Waals surface area contributed by atoms with Crippen LogP contribution < -0.4 is 0 Å². The Morgan fingerprint density at radius 2 is 1.67 bits per heavy atom. The maximum atomic E-state index is 8.91. The molecule has 1 N–H and O–H groups in total. The van der Waals surface area contributed by atoms with Crippen molar-refractivity contribution in [3.8, 4) is 0 Å². The monoisotopic (exact) mass is 248 g/mol. The van der Waals surface area contributed by atoms with Gasteiger partial charge in [-0.05, 0) is 52.9 Å². The van der Waals surface area contributed by atoms with E-state index in [1.165, 1.54) is 16.7 Å². The van der Waals surface area contributed by atoms with Crippen LogP contribution in [-0.2, 0) is 0 Å². The number of hydrogen-bond donors (Lipinski definition) is 1. The standard InChI is InChI=1S/C17H28O/c1-5-8-17(13-14-18)12-7-11-16(4)10-6-9-15(2)3/h5,9,11,13,18H,1,6-8,10,12,14H2,2-4H3/b16-11+,17-13+. The lowest BCUT2D eigenvalue weighted by Gasteiger charge is -2.03. The minimum atomic E-state index is 0.131. The molecule has 0 radical (unpaired) electrons. The Labute approximate surface area is 113 Å². The van der Waals surface area contributed by atoms with Crippen molar-refractivity contribution in [2.45, 2.75) is 52.9 Å². The number of rotatable bonds is 9. The van der Waals surface area contributed by atoms with Gasteiger partial charge in [-0.2, -0.15) is 0 Å². The Morgan fingerprint density at radius 1 is 1.00 bits per heavy atom. The predicted octanol–water partition coefficient (Wildman–Crippen LogP) is 4.95. The van der Waals surface area contributed by atoms with Crippen molar-refractivity contribution in [3.05, 3.63) is 47.6 Å². The highest BCUT2D eigenvalue weighted by Crippen LogP contribution is 2.14. The van der Waals surface area contributed by atoms with Crippen molar-refractivity contribution in [1.29, 1.82) is 0 Å².